The molecule has 2 aromatic heterocycles. The first-order chi connectivity index (χ1) is 12.6. The number of benzene rings is 1. The first-order valence-corrected chi connectivity index (χ1v) is 8.59. The van der Waals surface area contributed by atoms with Crippen LogP contribution in [-0.2, 0) is 4.79 Å². The minimum Gasteiger partial charge on any atom is -0.503 e. The summed E-state index contributed by atoms with van der Waals surface area (Å²) in [6.07, 6.45) is 1.37. The Morgan fingerprint density at radius 1 is 1.19 bits per heavy atom. The van der Waals surface area contributed by atoms with E-state index in [-0.39, 0.29) is 11.3 Å². The summed E-state index contributed by atoms with van der Waals surface area (Å²) >= 11 is 1.21. The van der Waals surface area contributed by atoms with Gasteiger partial charge in [0.15, 0.2) is 11.5 Å². The van der Waals surface area contributed by atoms with Crippen molar-refractivity contribution >= 4 is 28.2 Å². The van der Waals surface area contributed by atoms with E-state index < -0.39 is 23.5 Å². The number of hydrogen-bond donors (Lipinski definition) is 1. The first kappa shape index (κ1) is 16.2. The van der Waals surface area contributed by atoms with Gasteiger partial charge in [-0.05, 0) is 24.6 Å². The molecule has 3 heterocycles. The summed E-state index contributed by atoms with van der Waals surface area (Å²) in [6, 6.07) is 11.3. The summed E-state index contributed by atoms with van der Waals surface area (Å²) in [5.41, 5.74) is 0.636. The number of carbonyl (C=O) groups excluding carboxylic acids is 2. The van der Waals surface area contributed by atoms with Gasteiger partial charge in [0, 0.05) is 0 Å². The predicted octanol–water partition coefficient (Wildman–Crippen LogP) is 3.22. The molecule has 7 nitrogen and oxygen atoms in total. The van der Waals surface area contributed by atoms with Crippen LogP contribution in [0.25, 0.3) is 0 Å². The molecular weight excluding hydrogens is 354 g/mol. The number of Topliss-reactive ketones (excluding diaryl/α,β-unsaturated/α-hetero) is 1. The molecule has 1 atom stereocenters. The Labute approximate surface area is 152 Å². The van der Waals surface area contributed by atoms with E-state index in [9.17, 15) is 14.7 Å². The van der Waals surface area contributed by atoms with Crippen molar-refractivity contribution in [3.05, 3.63) is 76.4 Å². The summed E-state index contributed by atoms with van der Waals surface area (Å²) in [4.78, 5) is 27.0. The summed E-state index contributed by atoms with van der Waals surface area (Å²) in [5, 5.41) is 19.4. The Bertz CT molecular complexity index is 1010. The Morgan fingerprint density at radius 2 is 1.96 bits per heavy atom. The number of rotatable bonds is 4. The molecule has 26 heavy (non-hydrogen) atoms. The van der Waals surface area contributed by atoms with E-state index in [0.29, 0.717) is 15.7 Å². The number of furan rings is 1. The zero-order valence-electron chi connectivity index (χ0n) is 13.6. The van der Waals surface area contributed by atoms with Crippen LogP contribution in [0.3, 0.4) is 0 Å². The molecule has 1 N–H and O–H groups in total. The van der Waals surface area contributed by atoms with Crippen LogP contribution in [-0.4, -0.2) is 27.0 Å². The maximum atomic E-state index is 12.9. The number of carbonyl (C=O) groups is 2. The quantitative estimate of drug-likeness (QED) is 0.711. The number of aryl methyl sites for hydroxylation is 1. The average Bonchev–Trinajstić information content (AvgIpc) is 3.37. The van der Waals surface area contributed by atoms with Gasteiger partial charge in [-0.3, -0.25) is 14.5 Å². The average molecular weight is 367 g/mol. The maximum Gasteiger partial charge on any atom is 0.296 e. The molecule has 0 aliphatic carbocycles. The van der Waals surface area contributed by atoms with Gasteiger partial charge in [0.25, 0.3) is 5.91 Å². The van der Waals surface area contributed by atoms with Crippen molar-refractivity contribution in [3.63, 3.8) is 0 Å². The topological polar surface area (TPSA) is 96.5 Å². The lowest BCUT2D eigenvalue weighted by Gasteiger charge is -2.23. The first-order valence-electron chi connectivity index (χ1n) is 7.78. The Kier molecular flexibility index (Phi) is 3.89. The van der Waals surface area contributed by atoms with Crippen LogP contribution >= 0.6 is 11.3 Å². The number of amides is 1. The lowest BCUT2D eigenvalue weighted by atomic mass is 9.95. The lowest BCUT2D eigenvalue weighted by molar-refractivity contribution is -0.117. The number of anilines is 1. The molecule has 8 heteroatoms. The van der Waals surface area contributed by atoms with E-state index in [1.54, 1.807) is 37.3 Å². The Balaban J connectivity index is 1.88. The molecule has 0 radical (unpaired) electrons. The van der Waals surface area contributed by atoms with Crippen LogP contribution in [0.5, 0.6) is 0 Å². The second kappa shape index (κ2) is 6.23. The highest BCUT2D eigenvalue weighted by molar-refractivity contribution is 7.15. The molecule has 1 aromatic carbocycles. The van der Waals surface area contributed by atoms with Gasteiger partial charge in [0.05, 0.1) is 17.9 Å². The predicted molar refractivity (Wildman–Crippen MR) is 94.0 cm³/mol. The molecule has 3 aromatic rings. The number of aliphatic hydroxyl groups is 1. The third-order valence-corrected chi connectivity index (χ3v) is 4.87. The number of hydrogen-bond acceptors (Lipinski definition) is 7. The largest absolute Gasteiger partial charge is 0.503 e. The lowest BCUT2D eigenvalue weighted by Crippen LogP contribution is -2.31. The van der Waals surface area contributed by atoms with Gasteiger partial charge >= 0.3 is 0 Å². The number of ketones is 1. The van der Waals surface area contributed by atoms with Crippen LogP contribution in [0.4, 0.5) is 5.13 Å². The molecule has 1 aliphatic rings. The van der Waals surface area contributed by atoms with Crippen molar-refractivity contribution in [3.8, 4) is 0 Å². The maximum absolute atomic E-state index is 12.9. The number of aliphatic hydroxyl groups excluding tert-OH is 1. The molecule has 130 valence electrons. The van der Waals surface area contributed by atoms with E-state index in [1.807, 2.05) is 6.07 Å². The van der Waals surface area contributed by atoms with Gasteiger partial charge < -0.3 is 9.52 Å². The molecule has 0 saturated carbocycles. The fraction of sp³-hybridized carbons (Fsp3) is 0.111. The van der Waals surface area contributed by atoms with E-state index in [0.717, 1.165) is 0 Å². The van der Waals surface area contributed by atoms with Gasteiger partial charge in [-0.2, -0.15) is 0 Å². The van der Waals surface area contributed by atoms with Crippen LogP contribution in [0.2, 0.25) is 0 Å². The van der Waals surface area contributed by atoms with Gasteiger partial charge in [-0.15, -0.1) is 10.2 Å². The zero-order chi connectivity index (χ0) is 18.3. The van der Waals surface area contributed by atoms with Crippen molar-refractivity contribution in [2.75, 3.05) is 4.90 Å². The summed E-state index contributed by atoms with van der Waals surface area (Å²) in [7, 11) is 0. The highest BCUT2D eigenvalue weighted by Gasteiger charge is 2.46. The van der Waals surface area contributed by atoms with E-state index >= 15 is 0 Å². The molecule has 1 amide bonds. The van der Waals surface area contributed by atoms with Gasteiger partial charge in [0.1, 0.15) is 5.01 Å². The van der Waals surface area contributed by atoms with Crippen LogP contribution in [0.1, 0.15) is 27.2 Å². The third-order valence-electron chi connectivity index (χ3n) is 4.03. The molecular formula is C18H13N3O4S. The van der Waals surface area contributed by atoms with E-state index in [4.69, 9.17) is 4.42 Å². The fourth-order valence-electron chi connectivity index (χ4n) is 2.91. The van der Waals surface area contributed by atoms with E-state index in [1.165, 1.54) is 28.6 Å². The molecule has 0 saturated heterocycles. The normalized spacial score (nSPS) is 17.2. The molecule has 4 rings (SSSR count). The Hall–Kier alpha value is -3.26. The third kappa shape index (κ3) is 2.51. The highest BCUT2D eigenvalue weighted by atomic mass is 32.1. The second-order valence-corrected chi connectivity index (χ2v) is 6.82. The van der Waals surface area contributed by atoms with Crippen molar-refractivity contribution in [2.45, 2.75) is 13.0 Å². The van der Waals surface area contributed by atoms with Crippen molar-refractivity contribution < 1.29 is 19.1 Å². The van der Waals surface area contributed by atoms with Crippen LogP contribution < -0.4 is 4.90 Å². The summed E-state index contributed by atoms with van der Waals surface area (Å²) < 4.78 is 5.17. The summed E-state index contributed by atoms with van der Waals surface area (Å²) in [6.45, 7) is 1.77. The Morgan fingerprint density at radius 3 is 2.58 bits per heavy atom. The molecule has 1 unspecified atom stereocenters. The standard InChI is InChI=1S/C18H13N3O4S/c1-10-19-20-18(26-10)21-14(11-6-3-2-4-7-11)13(16(23)17(21)24)15(22)12-8-5-9-25-12/h2-9,14,23H,1H3. The van der Waals surface area contributed by atoms with Crippen molar-refractivity contribution in [1.29, 1.82) is 0 Å². The molecule has 1 aliphatic heterocycles. The minimum atomic E-state index is -0.811. The van der Waals surface area contributed by atoms with Gasteiger partial charge in [0.2, 0.25) is 10.9 Å². The van der Waals surface area contributed by atoms with Gasteiger partial charge in [-0.25, -0.2) is 0 Å². The molecule has 0 bridgehead atoms. The SMILES string of the molecule is Cc1nnc(N2C(=O)C(O)=C(C(=O)c3ccco3)C2c2ccccc2)s1. The molecule has 0 spiro atoms. The fourth-order valence-corrected chi connectivity index (χ4v) is 3.62. The second-order valence-electron chi connectivity index (χ2n) is 5.66. The van der Waals surface area contributed by atoms with Crippen LogP contribution in [0, 0.1) is 6.92 Å². The minimum absolute atomic E-state index is 0.0380. The van der Waals surface area contributed by atoms with Crippen molar-refractivity contribution in [1.82, 2.24) is 10.2 Å². The molecule has 0 fully saturated rings. The van der Waals surface area contributed by atoms with Crippen LogP contribution in [0.15, 0.2) is 64.5 Å². The van der Waals surface area contributed by atoms with E-state index in [2.05, 4.69) is 10.2 Å². The summed E-state index contributed by atoms with van der Waals surface area (Å²) in [5.74, 6) is -1.79. The number of nitrogens with zero attached hydrogens (tertiary/aromatic N) is 3. The smallest absolute Gasteiger partial charge is 0.296 e. The monoisotopic (exact) mass is 367 g/mol. The van der Waals surface area contributed by atoms with Gasteiger partial charge in [-0.1, -0.05) is 41.7 Å². The zero-order valence-corrected chi connectivity index (χ0v) is 14.4. The number of aromatic nitrogens is 2. The van der Waals surface area contributed by atoms with Crippen molar-refractivity contribution in [2.24, 2.45) is 0 Å². The highest BCUT2D eigenvalue weighted by Crippen LogP contribution is 2.42.